The summed E-state index contributed by atoms with van der Waals surface area (Å²) in [5.41, 5.74) is 3.49. The van der Waals surface area contributed by atoms with Crippen LogP contribution in [0.3, 0.4) is 0 Å². The Bertz CT molecular complexity index is 866. The Labute approximate surface area is 153 Å². The van der Waals surface area contributed by atoms with Gasteiger partial charge in [0.2, 0.25) is 0 Å². The summed E-state index contributed by atoms with van der Waals surface area (Å²) in [6, 6.07) is 8.63. The summed E-state index contributed by atoms with van der Waals surface area (Å²) in [6.07, 6.45) is 5.77. The maximum atomic E-state index is 12.4. The molecule has 3 aliphatic carbocycles. The van der Waals surface area contributed by atoms with E-state index in [9.17, 15) is 9.90 Å². The number of hydrogen-bond donors (Lipinski definition) is 3. The molecular weight excluding hydrogens is 326 g/mol. The molecule has 0 radical (unpaired) electrons. The number of carbonyl (C=O) groups is 1. The van der Waals surface area contributed by atoms with Crippen molar-refractivity contribution in [2.24, 2.45) is 17.3 Å². The molecule has 0 aliphatic heterocycles. The number of H-pyrrole nitrogens is 1. The highest BCUT2D eigenvalue weighted by Crippen LogP contribution is 2.59. The van der Waals surface area contributed by atoms with Gasteiger partial charge in [-0.3, -0.25) is 9.89 Å². The van der Waals surface area contributed by atoms with Crippen LogP contribution in [0.2, 0.25) is 0 Å². The quantitative estimate of drug-likeness (QED) is 0.715. The summed E-state index contributed by atoms with van der Waals surface area (Å²) >= 11 is 0. The van der Waals surface area contributed by atoms with Crippen molar-refractivity contribution in [2.75, 3.05) is 6.54 Å². The summed E-state index contributed by atoms with van der Waals surface area (Å²) < 4.78 is 0. The number of phenolic OH excluding ortho intramolecular Hbond substituents is 1. The van der Waals surface area contributed by atoms with Crippen molar-refractivity contribution < 1.29 is 9.90 Å². The predicted octanol–water partition coefficient (Wildman–Crippen LogP) is 3.89. The first kappa shape index (κ1) is 16.9. The van der Waals surface area contributed by atoms with Gasteiger partial charge in [0.25, 0.3) is 5.91 Å². The van der Waals surface area contributed by atoms with E-state index in [-0.39, 0.29) is 11.7 Å². The first-order valence-corrected chi connectivity index (χ1v) is 9.27. The Hall–Kier alpha value is -2.56. The molecule has 1 heterocycles. The first-order valence-electron chi connectivity index (χ1n) is 9.27. The molecular formula is C21H25N3O2. The van der Waals surface area contributed by atoms with Crippen LogP contribution < -0.4 is 5.32 Å². The van der Waals surface area contributed by atoms with Crippen LogP contribution in [0.1, 0.15) is 43.6 Å². The number of aromatic amines is 1. The molecule has 1 aromatic carbocycles. The van der Waals surface area contributed by atoms with Crippen LogP contribution in [-0.4, -0.2) is 27.8 Å². The molecule has 2 bridgehead atoms. The lowest BCUT2D eigenvalue weighted by Crippen LogP contribution is -2.48. The largest absolute Gasteiger partial charge is 0.507 e. The number of fused-ring (bicyclic) bond motifs is 1. The van der Waals surface area contributed by atoms with Crippen LogP contribution >= 0.6 is 0 Å². The van der Waals surface area contributed by atoms with Crippen molar-refractivity contribution in [3.8, 4) is 17.0 Å². The summed E-state index contributed by atoms with van der Waals surface area (Å²) in [5, 5.41) is 19.8. The average molecular weight is 351 g/mol. The van der Waals surface area contributed by atoms with Crippen molar-refractivity contribution in [2.45, 2.75) is 33.1 Å². The lowest BCUT2D eigenvalue weighted by atomic mass is 9.48. The third-order valence-corrected chi connectivity index (χ3v) is 6.28. The van der Waals surface area contributed by atoms with Gasteiger partial charge in [-0.1, -0.05) is 37.6 Å². The topological polar surface area (TPSA) is 78.0 Å². The van der Waals surface area contributed by atoms with E-state index in [4.69, 9.17) is 0 Å². The molecule has 2 aromatic rings. The second-order valence-corrected chi connectivity index (χ2v) is 8.01. The van der Waals surface area contributed by atoms with E-state index in [1.165, 1.54) is 18.4 Å². The van der Waals surface area contributed by atoms with E-state index >= 15 is 0 Å². The Morgan fingerprint density at radius 2 is 2.19 bits per heavy atom. The molecule has 26 heavy (non-hydrogen) atoms. The van der Waals surface area contributed by atoms with Gasteiger partial charge >= 0.3 is 0 Å². The van der Waals surface area contributed by atoms with Crippen molar-refractivity contribution >= 4 is 5.91 Å². The minimum Gasteiger partial charge on any atom is -0.507 e. The number of nitrogens with one attached hydrogen (secondary N) is 2. The number of para-hydroxylation sites is 1. The first-order chi connectivity index (χ1) is 12.5. The van der Waals surface area contributed by atoms with Gasteiger partial charge in [0.15, 0.2) is 0 Å². The van der Waals surface area contributed by atoms with Crippen LogP contribution in [0.15, 0.2) is 42.0 Å². The van der Waals surface area contributed by atoms with E-state index in [0.717, 1.165) is 12.3 Å². The van der Waals surface area contributed by atoms with Gasteiger partial charge in [0.1, 0.15) is 11.4 Å². The number of phenols is 1. The number of allylic oxidation sites excluding steroid dienone is 1. The zero-order valence-corrected chi connectivity index (χ0v) is 15.2. The summed E-state index contributed by atoms with van der Waals surface area (Å²) in [7, 11) is 0. The summed E-state index contributed by atoms with van der Waals surface area (Å²) in [6.45, 7) is 5.36. The molecule has 1 fully saturated rings. The monoisotopic (exact) mass is 351 g/mol. The SMILES string of the molecule is CC1(C)[C@H]2CC=C(CCNC(=O)c3cc(-c4ccccc4O)n[nH]3)[C@@H]1C2. The minimum absolute atomic E-state index is 0.150. The number of amides is 1. The second kappa shape index (κ2) is 6.31. The number of aromatic nitrogens is 2. The molecule has 3 aliphatic rings. The second-order valence-electron chi connectivity index (χ2n) is 8.01. The molecule has 1 aromatic heterocycles. The molecule has 0 saturated heterocycles. The predicted molar refractivity (Wildman–Crippen MR) is 101 cm³/mol. The number of hydrogen-bond acceptors (Lipinski definition) is 3. The zero-order valence-electron chi connectivity index (χ0n) is 15.2. The Morgan fingerprint density at radius 1 is 1.38 bits per heavy atom. The number of aromatic hydroxyl groups is 1. The fourth-order valence-electron chi connectivity index (χ4n) is 4.44. The van der Waals surface area contributed by atoms with Crippen molar-refractivity contribution in [3.63, 3.8) is 0 Å². The van der Waals surface area contributed by atoms with Crippen molar-refractivity contribution in [1.29, 1.82) is 0 Å². The Balaban J connectivity index is 1.35. The molecule has 136 valence electrons. The van der Waals surface area contributed by atoms with Gasteiger partial charge in [0.05, 0.1) is 5.69 Å². The van der Waals surface area contributed by atoms with Crippen LogP contribution in [0, 0.1) is 17.3 Å². The standard InChI is InChI=1S/C21H25N3O2/c1-21(2)14-8-7-13(16(21)11-14)9-10-22-20(26)18-12-17(23-24-18)15-5-3-4-6-19(15)25/h3-7,12,14,16,25H,8-11H2,1-2H3,(H,22,26)(H,23,24)/t14-,16-/m0/s1. The van der Waals surface area contributed by atoms with Gasteiger partial charge in [0, 0.05) is 12.1 Å². The van der Waals surface area contributed by atoms with Gasteiger partial charge in [-0.25, -0.2) is 0 Å². The Kier molecular flexibility index (Phi) is 4.10. The summed E-state index contributed by atoms with van der Waals surface area (Å²) in [4.78, 5) is 12.4. The van der Waals surface area contributed by atoms with E-state index in [1.54, 1.807) is 24.3 Å². The fourth-order valence-corrected chi connectivity index (χ4v) is 4.44. The fraction of sp³-hybridized carbons (Fsp3) is 0.429. The molecule has 5 nitrogen and oxygen atoms in total. The van der Waals surface area contributed by atoms with E-state index < -0.39 is 0 Å². The highest BCUT2D eigenvalue weighted by molar-refractivity contribution is 5.93. The maximum Gasteiger partial charge on any atom is 0.269 e. The molecule has 0 spiro atoms. The lowest BCUT2D eigenvalue weighted by Gasteiger charge is -2.56. The lowest BCUT2D eigenvalue weighted by molar-refractivity contribution is -0.00811. The third kappa shape index (κ3) is 2.81. The minimum atomic E-state index is -0.165. The van der Waals surface area contributed by atoms with Crippen LogP contribution in [-0.2, 0) is 0 Å². The van der Waals surface area contributed by atoms with E-state index in [1.807, 2.05) is 6.07 Å². The Morgan fingerprint density at radius 3 is 2.92 bits per heavy atom. The number of carbonyl (C=O) groups excluding carboxylic acids is 1. The van der Waals surface area contributed by atoms with Crippen LogP contribution in [0.5, 0.6) is 5.75 Å². The highest BCUT2D eigenvalue weighted by Gasteiger charge is 2.50. The van der Waals surface area contributed by atoms with Crippen molar-refractivity contribution in [3.05, 3.63) is 47.7 Å². The van der Waals surface area contributed by atoms with Gasteiger partial charge in [-0.2, -0.15) is 5.10 Å². The van der Waals surface area contributed by atoms with E-state index in [0.29, 0.717) is 34.8 Å². The number of benzene rings is 1. The number of nitrogens with zero attached hydrogens (tertiary/aromatic N) is 1. The molecule has 5 rings (SSSR count). The molecule has 0 unspecified atom stereocenters. The number of rotatable bonds is 5. The van der Waals surface area contributed by atoms with Crippen molar-refractivity contribution in [1.82, 2.24) is 15.5 Å². The third-order valence-electron chi connectivity index (χ3n) is 6.28. The molecule has 5 heteroatoms. The van der Waals surface area contributed by atoms with Gasteiger partial charge in [-0.05, 0) is 54.7 Å². The molecule has 1 amide bonds. The van der Waals surface area contributed by atoms with Gasteiger partial charge in [-0.15, -0.1) is 0 Å². The average Bonchev–Trinajstić information content (AvgIpc) is 3.12. The smallest absolute Gasteiger partial charge is 0.269 e. The zero-order chi connectivity index (χ0) is 18.3. The van der Waals surface area contributed by atoms with E-state index in [2.05, 4.69) is 35.4 Å². The van der Waals surface area contributed by atoms with Gasteiger partial charge < -0.3 is 10.4 Å². The van der Waals surface area contributed by atoms with Crippen LogP contribution in [0.25, 0.3) is 11.3 Å². The maximum absolute atomic E-state index is 12.4. The summed E-state index contributed by atoms with van der Waals surface area (Å²) in [5.74, 6) is 1.50. The highest BCUT2D eigenvalue weighted by atomic mass is 16.3. The molecule has 2 atom stereocenters. The molecule has 1 saturated carbocycles. The van der Waals surface area contributed by atoms with Crippen LogP contribution in [0.4, 0.5) is 0 Å². The normalized spacial score (nSPS) is 23.1. The molecule has 3 N–H and O–H groups in total.